The van der Waals surface area contributed by atoms with Crippen LogP contribution >= 0.6 is 0 Å². The summed E-state index contributed by atoms with van der Waals surface area (Å²) < 4.78 is 4.54. The Kier molecular flexibility index (Phi) is 3.95. The highest BCUT2D eigenvalue weighted by atomic mass is 16.5. The molecule has 0 aromatic carbocycles. The first kappa shape index (κ1) is 13.3. The molecule has 1 saturated heterocycles. The van der Waals surface area contributed by atoms with Gasteiger partial charge in [0.1, 0.15) is 6.04 Å². The zero-order valence-electron chi connectivity index (χ0n) is 10.0. The van der Waals surface area contributed by atoms with Crippen LogP contribution in [0, 0.1) is 0 Å². The first-order valence-electron chi connectivity index (χ1n) is 5.78. The van der Waals surface area contributed by atoms with E-state index in [9.17, 15) is 14.7 Å². The highest BCUT2D eigenvalue weighted by Crippen LogP contribution is 2.17. The number of urea groups is 1. The Labute approximate surface area is 108 Å². The number of rotatable bonds is 4. The number of amides is 2. The van der Waals surface area contributed by atoms with Crippen molar-refractivity contribution in [1.82, 2.24) is 20.4 Å². The molecule has 2 heterocycles. The molecule has 0 spiro atoms. The molecule has 1 aliphatic rings. The summed E-state index contributed by atoms with van der Waals surface area (Å²) in [6, 6.07) is -1.51. The quantitative estimate of drug-likeness (QED) is 0.629. The van der Waals surface area contributed by atoms with E-state index in [0.29, 0.717) is 12.2 Å². The van der Waals surface area contributed by atoms with E-state index in [4.69, 9.17) is 5.11 Å². The number of carboxylic acids is 1. The number of nitrogens with one attached hydrogen (secondary N) is 1. The first-order chi connectivity index (χ1) is 9.08. The van der Waals surface area contributed by atoms with Crippen LogP contribution in [0.4, 0.5) is 4.79 Å². The third-order valence-electron chi connectivity index (χ3n) is 2.86. The summed E-state index contributed by atoms with van der Waals surface area (Å²) in [5, 5.41) is 24.5. The molecule has 104 valence electrons. The number of aromatic nitrogens is 2. The average Bonchev–Trinajstić information content (AvgIpc) is 2.98. The maximum absolute atomic E-state index is 11.8. The second-order valence-electron chi connectivity index (χ2n) is 4.23. The minimum atomic E-state index is -1.12. The van der Waals surface area contributed by atoms with Gasteiger partial charge in [0, 0.05) is 25.9 Å². The van der Waals surface area contributed by atoms with Crippen LogP contribution in [0.5, 0.6) is 0 Å². The molecule has 9 heteroatoms. The van der Waals surface area contributed by atoms with Crippen molar-refractivity contribution in [2.45, 2.75) is 25.0 Å². The number of carboxylic acid groups (broad SMARTS) is 1. The molecular formula is C10H14N4O5. The van der Waals surface area contributed by atoms with Gasteiger partial charge in [-0.05, 0) is 0 Å². The molecule has 1 aromatic heterocycles. The summed E-state index contributed by atoms with van der Waals surface area (Å²) in [6.45, 7) is 0.280. The lowest BCUT2D eigenvalue weighted by atomic mass is 10.2. The molecule has 1 aromatic rings. The molecule has 0 bridgehead atoms. The van der Waals surface area contributed by atoms with Gasteiger partial charge < -0.3 is 25.0 Å². The van der Waals surface area contributed by atoms with Gasteiger partial charge in [0.05, 0.1) is 6.10 Å². The van der Waals surface area contributed by atoms with E-state index in [1.165, 1.54) is 6.39 Å². The van der Waals surface area contributed by atoms with E-state index in [1.807, 2.05) is 0 Å². The number of aliphatic carboxylic acids is 1. The molecular weight excluding hydrogens is 256 g/mol. The fourth-order valence-electron chi connectivity index (χ4n) is 1.96. The van der Waals surface area contributed by atoms with Gasteiger partial charge in [-0.3, -0.25) is 0 Å². The van der Waals surface area contributed by atoms with Crippen LogP contribution in [0.2, 0.25) is 0 Å². The highest BCUT2D eigenvalue weighted by Gasteiger charge is 2.38. The smallest absolute Gasteiger partial charge is 0.326 e. The lowest BCUT2D eigenvalue weighted by Gasteiger charge is -2.21. The highest BCUT2D eigenvalue weighted by molar-refractivity contribution is 5.83. The van der Waals surface area contributed by atoms with Gasteiger partial charge in [0.2, 0.25) is 6.39 Å². The Bertz CT molecular complexity index is 449. The largest absolute Gasteiger partial charge is 0.480 e. The Morgan fingerprint density at radius 1 is 1.58 bits per heavy atom. The molecule has 0 radical (unpaired) electrons. The second-order valence-corrected chi connectivity index (χ2v) is 4.23. The fraction of sp³-hybridized carbons (Fsp3) is 0.600. The van der Waals surface area contributed by atoms with Gasteiger partial charge in [-0.1, -0.05) is 5.16 Å². The Balaban J connectivity index is 1.83. The summed E-state index contributed by atoms with van der Waals surface area (Å²) in [6.07, 6.45) is 0.822. The van der Waals surface area contributed by atoms with Crippen molar-refractivity contribution in [2.24, 2.45) is 0 Å². The van der Waals surface area contributed by atoms with E-state index in [1.54, 1.807) is 0 Å². The van der Waals surface area contributed by atoms with Crippen molar-refractivity contribution in [3.05, 3.63) is 12.2 Å². The van der Waals surface area contributed by atoms with Crippen LogP contribution in [-0.2, 0) is 11.2 Å². The molecule has 2 rings (SSSR count). The summed E-state index contributed by atoms with van der Waals surface area (Å²) >= 11 is 0. The number of aliphatic hydroxyl groups is 1. The van der Waals surface area contributed by atoms with Crippen molar-refractivity contribution in [2.75, 3.05) is 13.1 Å². The van der Waals surface area contributed by atoms with E-state index in [-0.39, 0.29) is 19.5 Å². The number of nitrogens with zero attached hydrogens (tertiary/aromatic N) is 3. The van der Waals surface area contributed by atoms with Crippen molar-refractivity contribution < 1.29 is 24.3 Å². The maximum Gasteiger partial charge on any atom is 0.326 e. The zero-order valence-corrected chi connectivity index (χ0v) is 10.0. The third kappa shape index (κ3) is 3.19. The maximum atomic E-state index is 11.8. The molecule has 19 heavy (non-hydrogen) atoms. The predicted molar refractivity (Wildman–Crippen MR) is 60.2 cm³/mol. The number of aliphatic hydroxyl groups excluding tert-OH is 1. The van der Waals surface area contributed by atoms with Crippen LogP contribution in [0.3, 0.4) is 0 Å². The van der Waals surface area contributed by atoms with Gasteiger partial charge in [0.15, 0.2) is 5.82 Å². The summed E-state index contributed by atoms with van der Waals surface area (Å²) in [7, 11) is 0. The average molecular weight is 270 g/mol. The Hall–Kier alpha value is -2.16. The van der Waals surface area contributed by atoms with Crippen LogP contribution < -0.4 is 5.32 Å². The minimum absolute atomic E-state index is 0.0189. The molecule has 1 aliphatic heterocycles. The number of likely N-dealkylation sites (tertiary alicyclic amines) is 1. The summed E-state index contributed by atoms with van der Waals surface area (Å²) in [5.74, 6) is -0.665. The van der Waals surface area contributed by atoms with E-state index >= 15 is 0 Å². The van der Waals surface area contributed by atoms with Crippen LogP contribution in [-0.4, -0.2) is 62.5 Å². The summed E-state index contributed by atoms with van der Waals surface area (Å²) in [5.41, 5.74) is 0. The molecule has 9 nitrogen and oxygen atoms in total. The molecule has 0 aliphatic carbocycles. The van der Waals surface area contributed by atoms with Crippen molar-refractivity contribution in [3.63, 3.8) is 0 Å². The van der Waals surface area contributed by atoms with Crippen molar-refractivity contribution in [3.8, 4) is 0 Å². The third-order valence-corrected chi connectivity index (χ3v) is 2.86. The molecule has 0 saturated carbocycles. The number of hydrogen-bond donors (Lipinski definition) is 3. The van der Waals surface area contributed by atoms with Gasteiger partial charge in [-0.15, -0.1) is 0 Å². The lowest BCUT2D eigenvalue weighted by Crippen LogP contribution is -2.46. The first-order valence-corrected chi connectivity index (χ1v) is 5.78. The SMILES string of the molecule is O=C(O)[C@@H]1C[C@@H](O)CN1C(=O)NCCc1ncon1. The minimum Gasteiger partial charge on any atom is -0.480 e. The Morgan fingerprint density at radius 3 is 3.00 bits per heavy atom. The van der Waals surface area contributed by atoms with Crippen LogP contribution in [0.1, 0.15) is 12.2 Å². The predicted octanol–water partition coefficient (Wildman–Crippen LogP) is -1.16. The van der Waals surface area contributed by atoms with Crippen LogP contribution in [0.15, 0.2) is 10.9 Å². The van der Waals surface area contributed by atoms with Gasteiger partial charge in [-0.2, -0.15) is 4.98 Å². The number of carbonyl (C=O) groups is 2. The number of carbonyl (C=O) groups excluding carboxylic acids is 1. The number of β-amino-alcohol motifs (C(OH)–C–C–N with tert-alkyl or cyclic N) is 1. The van der Waals surface area contributed by atoms with E-state index in [2.05, 4.69) is 20.0 Å². The second kappa shape index (κ2) is 5.65. The monoisotopic (exact) mass is 270 g/mol. The number of hydrogen-bond acceptors (Lipinski definition) is 6. The zero-order chi connectivity index (χ0) is 13.8. The van der Waals surface area contributed by atoms with Crippen molar-refractivity contribution in [1.29, 1.82) is 0 Å². The van der Waals surface area contributed by atoms with E-state index < -0.39 is 24.1 Å². The summed E-state index contributed by atoms with van der Waals surface area (Å²) in [4.78, 5) is 27.7. The van der Waals surface area contributed by atoms with Crippen LogP contribution in [0.25, 0.3) is 0 Å². The normalized spacial score (nSPS) is 22.5. The molecule has 0 unspecified atom stereocenters. The Morgan fingerprint density at radius 2 is 2.37 bits per heavy atom. The van der Waals surface area contributed by atoms with Gasteiger partial charge in [-0.25, -0.2) is 9.59 Å². The molecule has 2 atom stereocenters. The van der Waals surface area contributed by atoms with Gasteiger partial charge in [0.25, 0.3) is 0 Å². The topological polar surface area (TPSA) is 129 Å². The van der Waals surface area contributed by atoms with E-state index in [0.717, 1.165) is 4.90 Å². The van der Waals surface area contributed by atoms with Gasteiger partial charge >= 0.3 is 12.0 Å². The molecule has 1 fully saturated rings. The lowest BCUT2D eigenvalue weighted by molar-refractivity contribution is -0.141. The molecule has 3 N–H and O–H groups in total. The van der Waals surface area contributed by atoms with Crippen molar-refractivity contribution >= 4 is 12.0 Å². The molecule has 2 amide bonds. The standard InChI is InChI=1S/C10H14N4O5/c15-6-3-7(9(16)17)14(4-6)10(18)11-2-1-8-12-5-19-13-8/h5-7,15H,1-4H2,(H,11,18)(H,16,17)/t6-,7+/m1/s1. The fourth-order valence-corrected chi connectivity index (χ4v) is 1.96.